The van der Waals surface area contributed by atoms with Gasteiger partial charge in [-0.05, 0) is 13.3 Å². The van der Waals surface area contributed by atoms with Crippen molar-refractivity contribution in [2.75, 3.05) is 13.1 Å². The quantitative estimate of drug-likeness (QED) is 0.703. The molecule has 1 aromatic rings. The summed E-state index contributed by atoms with van der Waals surface area (Å²) in [6.45, 7) is 4.23. The maximum atomic E-state index is 11.4. The van der Waals surface area contributed by atoms with Crippen molar-refractivity contribution in [2.45, 2.75) is 20.3 Å². The lowest BCUT2D eigenvalue weighted by Crippen LogP contribution is -2.28. The van der Waals surface area contributed by atoms with Crippen molar-refractivity contribution in [3.05, 3.63) is 17.5 Å². The average molecular weight is 225 g/mol. The zero-order valence-corrected chi connectivity index (χ0v) is 9.37. The highest BCUT2D eigenvalue weighted by atomic mass is 16.5. The van der Waals surface area contributed by atoms with Gasteiger partial charge in [-0.3, -0.25) is 9.59 Å². The SMILES string of the molecule is CC(=O)NCCCNC(=O)c1cc(C)no1. The minimum Gasteiger partial charge on any atom is -0.356 e. The predicted octanol–water partition coefficient (Wildman–Crippen LogP) is 0.239. The number of carbonyl (C=O) groups is 2. The van der Waals surface area contributed by atoms with Gasteiger partial charge in [0.05, 0.1) is 5.69 Å². The van der Waals surface area contributed by atoms with E-state index in [4.69, 9.17) is 4.52 Å². The Hall–Kier alpha value is -1.85. The summed E-state index contributed by atoms with van der Waals surface area (Å²) in [7, 11) is 0. The predicted molar refractivity (Wildman–Crippen MR) is 56.9 cm³/mol. The van der Waals surface area contributed by atoms with Gasteiger partial charge < -0.3 is 15.2 Å². The molecule has 1 aromatic heterocycles. The van der Waals surface area contributed by atoms with Crippen molar-refractivity contribution in [1.82, 2.24) is 15.8 Å². The van der Waals surface area contributed by atoms with Crippen molar-refractivity contribution >= 4 is 11.8 Å². The highest BCUT2D eigenvalue weighted by Gasteiger charge is 2.09. The van der Waals surface area contributed by atoms with Gasteiger partial charge in [-0.25, -0.2) is 0 Å². The minimum absolute atomic E-state index is 0.0721. The molecular weight excluding hydrogens is 210 g/mol. The van der Waals surface area contributed by atoms with Gasteiger partial charge in [-0.15, -0.1) is 0 Å². The number of hydrogen-bond acceptors (Lipinski definition) is 4. The van der Waals surface area contributed by atoms with Crippen molar-refractivity contribution in [3.63, 3.8) is 0 Å². The molecule has 0 fully saturated rings. The summed E-state index contributed by atoms with van der Waals surface area (Å²) in [5.41, 5.74) is 0.670. The van der Waals surface area contributed by atoms with E-state index >= 15 is 0 Å². The third-order valence-corrected chi connectivity index (χ3v) is 1.86. The molecule has 1 heterocycles. The van der Waals surface area contributed by atoms with E-state index in [2.05, 4.69) is 15.8 Å². The van der Waals surface area contributed by atoms with Crippen LogP contribution in [0.25, 0.3) is 0 Å². The first-order valence-electron chi connectivity index (χ1n) is 5.05. The van der Waals surface area contributed by atoms with E-state index in [1.807, 2.05) is 0 Å². The Morgan fingerprint density at radius 1 is 1.38 bits per heavy atom. The molecule has 0 bridgehead atoms. The average Bonchev–Trinajstić information content (AvgIpc) is 2.63. The largest absolute Gasteiger partial charge is 0.356 e. The lowest BCUT2D eigenvalue weighted by atomic mass is 10.3. The Bertz CT molecular complexity index is 373. The molecule has 2 amide bonds. The number of carbonyl (C=O) groups excluding carboxylic acids is 2. The highest BCUT2D eigenvalue weighted by molar-refractivity contribution is 5.91. The molecule has 6 nitrogen and oxygen atoms in total. The molecule has 0 atom stereocenters. The second-order valence-electron chi connectivity index (χ2n) is 3.42. The first-order chi connectivity index (χ1) is 7.59. The summed E-state index contributed by atoms with van der Waals surface area (Å²) in [6, 6.07) is 1.57. The molecule has 6 heteroatoms. The fraction of sp³-hybridized carbons (Fsp3) is 0.500. The molecule has 2 N–H and O–H groups in total. The molecule has 88 valence electrons. The van der Waals surface area contributed by atoms with Crippen LogP contribution < -0.4 is 10.6 Å². The normalized spacial score (nSPS) is 9.88. The first kappa shape index (κ1) is 12.2. The molecule has 0 aliphatic carbocycles. The molecular formula is C10H15N3O3. The van der Waals surface area contributed by atoms with Gasteiger partial charge in [-0.2, -0.15) is 0 Å². The number of nitrogens with one attached hydrogen (secondary N) is 2. The monoisotopic (exact) mass is 225 g/mol. The van der Waals surface area contributed by atoms with Crippen LogP contribution in [0.4, 0.5) is 0 Å². The van der Waals surface area contributed by atoms with Crippen LogP contribution in [-0.2, 0) is 4.79 Å². The van der Waals surface area contributed by atoms with Crippen LogP contribution in [0.3, 0.4) is 0 Å². The summed E-state index contributed by atoms with van der Waals surface area (Å²) in [5.74, 6) is -0.155. The van der Waals surface area contributed by atoms with E-state index in [9.17, 15) is 9.59 Å². The third kappa shape index (κ3) is 4.12. The number of aromatic nitrogens is 1. The second-order valence-corrected chi connectivity index (χ2v) is 3.42. The molecule has 0 saturated heterocycles. The van der Waals surface area contributed by atoms with E-state index < -0.39 is 0 Å². The van der Waals surface area contributed by atoms with Gasteiger partial charge in [0.15, 0.2) is 0 Å². The van der Waals surface area contributed by atoms with Gasteiger partial charge in [0.25, 0.3) is 5.91 Å². The van der Waals surface area contributed by atoms with E-state index in [1.54, 1.807) is 13.0 Å². The molecule has 0 unspecified atom stereocenters. The maximum Gasteiger partial charge on any atom is 0.289 e. The Balaban J connectivity index is 2.18. The Labute approximate surface area is 93.4 Å². The molecule has 0 saturated carbocycles. The molecule has 16 heavy (non-hydrogen) atoms. The van der Waals surface area contributed by atoms with Gasteiger partial charge in [-0.1, -0.05) is 5.16 Å². The fourth-order valence-corrected chi connectivity index (χ4v) is 1.11. The standard InChI is InChI=1S/C10H15N3O3/c1-7-6-9(16-13-7)10(15)12-5-3-4-11-8(2)14/h6H,3-5H2,1-2H3,(H,11,14)(H,12,15). The van der Waals surface area contributed by atoms with Crippen LogP contribution in [0.15, 0.2) is 10.6 Å². The smallest absolute Gasteiger partial charge is 0.289 e. The molecule has 0 aromatic carbocycles. The van der Waals surface area contributed by atoms with Crippen molar-refractivity contribution in [1.29, 1.82) is 0 Å². The van der Waals surface area contributed by atoms with Crippen molar-refractivity contribution in [2.24, 2.45) is 0 Å². The minimum atomic E-state index is -0.288. The van der Waals surface area contributed by atoms with E-state index in [-0.39, 0.29) is 17.6 Å². The third-order valence-electron chi connectivity index (χ3n) is 1.86. The second kappa shape index (κ2) is 5.89. The van der Waals surface area contributed by atoms with E-state index in [0.29, 0.717) is 25.2 Å². The zero-order valence-electron chi connectivity index (χ0n) is 9.37. The Morgan fingerprint density at radius 3 is 2.62 bits per heavy atom. The van der Waals surface area contributed by atoms with Gasteiger partial charge in [0.1, 0.15) is 0 Å². The van der Waals surface area contributed by atoms with Crippen molar-refractivity contribution < 1.29 is 14.1 Å². The number of nitrogens with zero attached hydrogens (tertiary/aromatic N) is 1. The first-order valence-corrected chi connectivity index (χ1v) is 5.05. The number of aryl methyl sites for hydroxylation is 1. The summed E-state index contributed by atoms with van der Waals surface area (Å²) in [6.07, 6.45) is 0.679. The topological polar surface area (TPSA) is 84.2 Å². The summed E-state index contributed by atoms with van der Waals surface area (Å²) < 4.78 is 4.79. The Morgan fingerprint density at radius 2 is 2.06 bits per heavy atom. The van der Waals surface area contributed by atoms with Crippen LogP contribution in [0.2, 0.25) is 0 Å². The zero-order chi connectivity index (χ0) is 12.0. The number of amides is 2. The van der Waals surface area contributed by atoms with Crippen LogP contribution in [-0.4, -0.2) is 30.1 Å². The lowest BCUT2D eigenvalue weighted by molar-refractivity contribution is -0.118. The van der Waals surface area contributed by atoms with E-state index in [0.717, 1.165) is 0 Å². The van der Waals surface area contributed by atoms with Crippen LogP contribution in [0.5, 0.6) is 0 Å². The van der Waals surface area contributed by atoms with Gasteiger partial charge in [0.2, 0.25) is 11.7 Å². The van der Waals surface area contributed by atoms with Crippen LogP contribution in [0.1, 0.15) is 29.6 Å². The molecule has 0 aliphatic heterocycles. The van der Waals surface area contributed by atoms with Crippen LogP contribution >= 0.6 is 0 Å². The number of rotatable bonds is 5. The summed E-state index contributed by atoms with van der Waals surface area (Å²) in [5, 5.41) is 8.91. The molecule has 0 spiro atoms. The highest BCUT2D eigenvalue weighted by Crippen LogP contribution is 2.01. The lowest BCUT2D eigenvalue weighted by Gasteiger charge is -2.03. The molecule has 0 aliphatic rings. The van der Waals surface area contributed by atoms with Crippen LogP contribution in [0, 0.1) is 6.92 Å². The molecule has 0 radical (unpaired) electrons. The van der Waals surface area contributed by atoms with Gasteiger partial charge in [0, 0.05) is 26.1 Å². The maximum absolute atomic E-state index is 11.4. The summed E-state index contributed by atoms with van der Waals surface area (Å²) >= 11 is 0. The van der Waals surface area contributed by atoms with Crippen molar-refractivity contribution in [3.8, 4) is 0 Å². The molecule has 1 rings (SSSR count). The number of hydrogen-bond donors (Lipinski definition) is 2. The van der Waals surface area contributed by atoms with Gasteiger partial charge >= 0.3 is 0 Å². The fourth-order valence-electron chi connectivity index (χ4n) is 1.11. The Kier molecular flexibility index (Phi) is 4.50. The van der Waals surface area contributed by atoms with E-state index in [1.165, 1.54) is 6.92 Å². The summed E-state index contributed by atoms with van der Waals surface area (Å²) in [4.78, 5) is 22.0.